The van der Waals surface area contributed by atoms with Crippen molar-refractivity contribution in [3.8, 4) is 0 Å². The Morgan fingerprint density at radius 2 is 2.26 bits per heavy atom. The number of benzene rings is 1. The SMILES string of the molecule is C[C@@H]1CNC[C@H]1C(=O)Nc1ccc(Cl)cc1[N+](=O)[O-]. The molecular weight excluding hydrogens is 270 g/mol. The molecule has 0 radical (unpaired) electrons. The van der Waals surface area contributed by atoms with Gasteiger partial charge in [-0.25, -0.2) is 0 Å². The number of hydrogen-bond acceptors (Lipinski definition) is 4. The number of nitrogens with one attached hydrogen (secondary N) is 2. The molecule has 6 nitrogen and oxygen atoms in total. The average Bonchev–Trinajstić information content (AvgIpc) is 2.77. The van der Waals surface area contributed by atoms with Crippen molar-refractivity contribution in [1.82, 2.24) is 5.32 Å². The van der Waals surface area contributed by atoms with E-state index in [0.29, 0.717) is 6.54 Å². The molecule has 1 saturated heterocycles. The summed E-state index contributed by atoms with van der Waals surface area (Å²) in [5, 5.41) is 16.9. The molecule has 1 heterocycles. The Bertz CT molecular complexity index is 521. The van der Waals surface area contributed by atoms with E-state index < -0.39 is 4.92 Å². The molecule has 2 rings (SSSR count). The summed E-state index contributed by atoms with van der Waals surface area (Å²) < 4.78 is 0. The second kappa shape index (κ2) is 5.54. The third kappa shape index (κ3) is 3.02. The molecular formula is C12H14ClN3O3. The molecule has 1 amide bonds. The molecule has 1 fully saturated rings. The Kier molecular flexibility index (Phi) is 4.01. The second-order valence-electron chi connectivity index (χ2n) is 4.65. The highest BCUT2D eigenvalue weighted by atomic mass is 35.5. The van der Waals surface area contributed by atoms with Crippen LogP contribution in [0.5, 0.6) is 0 Å². The fourth-order valence-electron chi connectivity index (χ4n) is 2.15. The molecule has 1 aliphatic heterocycles. The van der Waals surface area contributed by atoms with Gasteiger partial charge in [-0.05, 0) is 24.6 Å². The van der Waals surface area contributed by atoms with Crippen molar-refractivity contribution in [2.45, 2.75) is 6.92 Å². The smallest absolute Gasteiger partial charge is 0.294 e. The predicted molar refractivity (Wildman–Crippen MR) is 72.3 cm³/mol. The van der Waals surface area contributed by atoms with E-state index in [-0.39, 0.29) is 34.1 Å². The lowest BCUT2D eigenvalue weighted by molar-refractivity contribution is -0.383. The monoisotopic (exact) mass is 283 g/mol. The van der Waals surface area contributed by atoms with Gasteiger partial charge in [0.05, 0.1) is 10.8 Å². The summed E-state index contributed by atoms with van der Waals surface area (Å²) in [4.78, 5) is 22.4. The summed E-state index contributed by atoms with van der Waals surface area (Å²) in [6.45, 7) is 3.34. The molecule has 0 unspecified atom stereocenters. The van der Waals surface area contributed by atoms with Gasteiger partial charge in [0, 0.05) is 17.6 Å². The molecule has 19 heavy (non-hydrogen) atoms. The van der Waals surface area contributed by atoms with E-state index in [2.05, 4.69) is 10.6 Å². The van der Waals surface area contributed by atoms with Crippen molar-refractivity contribution < 1.29 is 9.72 Å². The minimum absolute atomic E-state index is 0.171. The molecule has 1 aromatic carbocycles. The third-order valence-corrected chi connectivity index (χ3v) is 3.50. The van der Waals surface area contributed by atoms with Crippen LogP contribution >= 0.6 is 11.6 Å². The van der Waals surface area contributed by atoms with Crippen LogP contribution in [-0.4, -0.2) is 23.9 Å². The number of nitrogens with zero attached hydrogens (tertiary/aromatic N) is 1. The topological polar surface area (TPSA) is 84.3 Å². The Hall–Kier alpha value is -1.66. The molecule has 102 valence electrons. The summed E-state index contributed by atoms with van der Waals surface area (Å²) in [5.74, 6) is -0.162. The molecule has 0 aliphatic carbocycles. The van der Waals surface area contributed by atoms with E-state index in [4.69, 9.17) is 11.6 Å². The number of hydrogen-bond donors (Lipinski definition) is 2. The zero-order valence-electron chi connectivity index (χ0n) is 10.4. The first-order chi connectivity index (χ1) is 8.99. The van der Waals surface area contributed by atoms with Gasteiger partial charge in [0.25, 0.3) is 5.69 Å². The molecule has 1 aliphatic rings. The lowest BCUT2D eigenvalue weighted by Crippen LogP contribution is -2.28. The summed E-state index contributed by atoms with van der Waals surface area (Å²) in [6, 6.07) is 4.19. The summed E-state index contributed by atoms with van der Waals surface area (Å²) in [5.41, 5.74) is -0.0158. The third-order valence-electron chi connectivity index (χ3n) is 3.27. The van der Waals surface area contributed by atoms with Crippen LogP contribution in [0.15, 0.2) is 18.2 Å². The predicted octanol–water partition coefficient (Wildman–Crippen LogP) is 2.04. The molecule has 0 spiro atoms. The van der Waals surface area contributed by atoms with Crippen molar-refractivity contribution in [3.63, 3.8) is 0 Å². The number of amides is 1. The van der Waals surface area contributed by atoms with Gasteiger partial charge in [-0.15, -0.1) is 0 Å². The fraction of sp³-hybridized carbons (Fsp3) is 0.417. The first-order valence-corrected chi connectivity index (χ1v) is 6.32. The van der Waals surface area contributed by atoms with E-state index in [0.717, 1.165) is 6.54 Å². The van der Waals surface area contributed by atoms with Gasteiger partial charge in [-0.3, -0.25) is 14.9 Å². The average molecular weight is 284 g/mol. The van der Waals surface area contributed by atoms with Gasteiger partial charge >= 0.3 is 0 Å². The first kappa shape index (κ1) is 13.8. The largest absolute Gasteiger partial charge is 0.320 e. The molecule has 0 aromatic heterocycles. The van der Waals surface area contributed by atoms with E-state index in [1.165, 1.54) is 18.2 Å². The maximum atomic E-state index is 12.1. The number of carbonyl (C=O) groups is 1. The minimum atomic E-state index is -0.558. The van der Waals surface area contributed by atoms with Gasteiger partial charge in [0.2, 0.25) is 5.91 Å². The van der Waals surface area contributed by atoms with Crippen LogP contribution in [0.4, 0.5) is 11.4 Å². The maximum Gasteiger partial charge on any atom is 0.294 e. The zero-order valence-corrected chi connectivity index (χ0v) is 11.1. The Morgan fingerprint density at radius 3 is 2.84 bits per heavy atom. The fourth-order valence-corrected chi connectivity index (χ4v) is 2.31. The van der Waals surface area contributed by atoms with Crippen molar-refractivity contribution >= 4 is 28.9 Å². The van der Waals surface area contributed by atoms with Crippen molar-refractivity contribution in [2.24, 2.45) is 11.8 Å². The van der Waals surface area contributed by atoms with Gasteiger partial charge < -0.3 is 10.6 Å². The quantitative estimate of drug-likeness (QED) is 0.657. The zero-order chi connectivity index (χ0) is 14.0. The van der Waals surface area contributed by atoms with Crippen LogP contribution in [0, 0.1) is 22.0 Å². The summed E-state index contributed by atoms with van der Waals surface area (Å²) >= 11 is 5.72. The van der Waals surface area contributed by atoms with Crippen LogP contribution < -0.4 is 10.6 Å². The highest BCUT2D eigenvalue weighted by Gasteiger charge is 2.30. The summed E-state index contributed by atoms with van der Waals surface area (Å²) in [6.07, 6.45) is 0. The highest BCUT2D eigenvalue weighted by Crippen LogP contribution is 2.29. The Morgan fingerprint density at radius 1 is 1.53 bits per heavy atom. The Labute approximate surface area is 115 Å². The number of nitro benzene ring substituents is 1. The lowest BCUT2D eigenvalue weighted by atomic mass is 9.97. The number of carbonyl (C=O) groups excluding carboxylic acids is 1. The minimum Gasteiger partial charge on any atom is -0.320 e. The highest BCUT2D eigenvalue weighted by molar-refractivity contribution is 6.31. The van der Waals surface area contributed by atoms with Crippen LogP contribution in [0.2, 0.25) is 5.02 Å². The van der Waals surface area contributed by atoms with Crippen LogP contribution in [-0.2, 0) is 4.79 Å². The van der Waals surface area contributed by atoms with Crippen LogP contribution in [0.1, 0.15) is 6.92 Å². The molecule has 0 bridgehead atoms. The van der Waals surface area contributed by atoms with Crippen molar-refractivity contribution in [3.05, 3.63) is 33.3 Å². The van der Waals surface area contributed by atoms with E-state index in [1.807, 2.05) is 6.92 Å². The van der Waals surface area contributed by atoms with E-state index in [1.54, 1.807) is 0 Å². The van der Waals surface area contributed by atoms with Gasteiger partial charge in [0.15, 0.2) is 0 Å². The molecule has 2 N–H and O–H groups in total. The molecule has 0 saturated carbocycles. The number of rotatable bonds is 3. The van der Waals surface area contributed by atoms with Gasteiger partial charge in [0.1, 0.15) is 5.69 Å². The standard InChI is InChI=1S/C12H14ClN3O3/c1-7-5-14-6-9(7)12(17)15-10-3-2-8(13)4-11(10)16(18)19/h2-4,7,9,14H,5-6H2,1H3,(H,15,17)/t7-,9-/m1/s1. The van der Waals surface area contributed by atoms with Gasteiger partial charge in [-0.1, -0.05) is 18.5 Å². The molecule has 1 aromatic rings. The molecule has 7 heteroatoms. The maximum absolute atomic E-state index is 12.1. The van der Waals surface area contributed by atoms with Crippen LogP contribution in [0.25, 0.3) is 0 Å². The Balaban J connectivity index is 2.19. The van der Waals surface area contributed by atoms with Crippen molar-refractivity contribution in [1.29, 1.82) is 0 Å². The molecule has 2 atom stereocenters. The van der Waals surface area contributed by atoms with Crippen LogP contribution in [0.3, 0.4) is 0 Å². The lowest BCUT2D eigenvalue weighted by Gasteiger charge is -2.14. The van der Waals surface area contributed by atoms with E-state index in [9.17, 15) is 14.9 Å². The number of anilines is 1. The normalized spacial score (nSPS) is 22.2. The number of halogens is 1. The van der Waals surface area contributed by atoms with Gasteiger partial charge in [-0.2, -0.15) is 0 Å². The first-order valence-electron chi connectivity index (χ1n) is 5.94. The second-order valence-corrected chi connectivity index (χ2v) is 5.09. The number of nitro groups is 1. The van der Waals surface area contributed by atoms with Crippen molar-refractivity contribution in [2.75, 3.05) is 18.4 Å². The van der Waals surface area contributed by atoms with E-state index >= 15 is 0 Å². The summed E-state index contributed by atoms with van der Waals surface area (Å²) in [7, 11) is 0.